The molecule has 0 saturated carbocycles. The third-order valence-corrected chi connectivity index (χ3v) is 22.7. The summed E-state index contributed by atoms with van der Waals surface area (Å²) in [5.74, 6) is 1.37. The molecule has 1 aliphatic heterocycles. The SMILES string of the molecule is C[Si]1(C)CCC(COc2ccccc2N)(COc2ccccc2N)O[Si]1(C)C. The van der Waals surface area contributed by atoms with Gasteiger partial charge in [-0.25, -0.2) is 0 Å². The molecule has 0 aliphatic carbocycles. The summed E-state index contributed by atoms with van der Waals surface area (Å²) in [7, 11) is -3.23. The molecule has 0 unspecified atom stereocenters. The van der Waals surface area contributed by atoms with E-state index in [9.17, 15) is 0 Å². The Morgan fingerprint density at radius 3 is 1.75 bits per heavy atom. The molecule has 152 valence electrons. The van der Waals surface area contributed by atoms with Crippen LogP contribution in [-0.2, 0) is 4.43 Å². The van der Waals surface area contributed by atoms with Gasteiger partial charge in [0.15, 0.2) is 7.83 Å². The van der Waals surface area contributed by atoms with Gasteiger partial charge in [-0.15, -0.1) is 0 Å². The number of hydrogen-bond donors (Lipinski definition) is 2. The molecule has 0 aromatic heterocycles. The lowest BCUT2D eigenvalue weighted by atomic mass is 10.0. The number of para-hydroxylation sites is 4. The Labute approximate surface area is 169 Å². The van der Waals surface area contributed by atoms with Gasteiger partial charge in [-0.3, -0.25) is 0 Å². The van der Waals surface area contributed by atoms with E-state index < -0.39 is 21.0 Å². The van der Waals surface area contributed by atoms with Crippen molar-refractivity contribution in [3.05, 3.63) is 48.5 Å². The molecule has 4 N–H and O–H groups in total. The molecule has 5 nitrogen and oxygen atoms in total. The van der Waals surface area contributed by atoms with Crippen LogP contribution >= 0.6 is 0 Å². The molecule has 0 atom stereocenters. The predicted octanol–water partition coefficient (Wildman–Crippen LogP) is 4.46. The molecule has 2 aromatic rings. The summed E-state index contributed by atoms with van der Waals surface area (Å²) in [5, 5.41) is 0. The van der Waals surface area contributed by atoms with Crippen molar-refractivity contribution < 1.29 is 13.9 Å². The van der Waals surface area contributed by atoms with Gasteiger partial charge in [0.05, 0.1) is 19.0 Å². The molecule has 1 aliphatic rings. The van der Waals surface area contributed by atoms with E-state index in [0.29, 0.717) is 36.1 Å². The van der Waals surface area contributed by atoms with Crippen LogP contribution in [0, 0.1) is 0 Å². The van der Waals surface area contributed by atoms with Crippen LogP contribution in [-0.4, -0.2) is 34.2 Å². The van der Waals surface area contributed by atoms with Crippen LogP contribution in [0.5, 0.6) is 11.5 Å². The third kappa shape index (κ3) is 4.37. The number of nitrogens with two attached hydrogens (primary N) is 2. The molecule has 28 heavy (non-hydrogen) atoms. The molecule has 1 heterocycles. The highest BCUT2D eigenvalue weighted by Crippen LogP contribution is 2.40. The van der Waals surface area contributed by atoms with E-state index in [1.165, 1.54) is 6.04 Å². The molecule has 2 aromatic carbocycles. The maximum absolute atomic E-state index is 6.87. The van der Waals surface area contributed by atoms with Crippen molar-refractivity contribution >= 4 is 26.8 Å². The largest absolute Gasteiger partial charge is 0.488 e. The number of rotatable bonds is 6. The first-order chi connectivity index (χ1) is 13.1. The fraction of sp³-hybridized carbons (Fsp3) is 0.429. The monoisotopic (exact) mass is 416 g/mol. The second-order valence-electron chi connectivity index (χ2n) is 8.83. The minimum atomic E-state index is -1.84. The first-order valence-corrected chi connectivity index (χ1v) is 16.9. The standard InChI is InChI=1S/C21H32N2O3Si2/c1-27(2)14-13-21(26-28(27,3)4,15-24-19-11-7-5-9-17(19)22)16-25-20-12-8-6-10-18(20)23/h5-12H,13-16,22-23H2,1-4H3. The molecule has 1 saturated heterocycles. The highest BCUT2D eigenvalue weighted by molar-refractivity contribution is 7.38. The molecule has 3 rings (SSSR count). The molecular formula is C21H32N2O3Si2. The lowest BCUT2D eigenvalue weighted by Gasteiger charge is -2.51. The normalized spacial score (nSPS) is 19.7. The smallest absolute Gasteiger partial charge is 0.175 e. The molecule has 1 fully saturated rings. The van der Waals surface area contributed by atoms with Gasteiger partial charge in [0.2, 0.25) is 0 Å². The maximum atomic E-state index is 6.87. The lowest BCUT2D eigenvalue weighted by Crippen LogP contribution is -2.67. The van der Waals surface area contributed by atoms with E-state index in [2.05, 4.69) is 26.2 Å². The van der Waals surface area contributed by atoms with Gasteiger partial charge in [-0.2, -0.15) is 0 Å². The summed E-state index contributed by atoms with van der Waals surface area (Å²) in [6.07, 6.45) is 0.919. The fourth-order valence-corrected chi connectivity index (χ4v) is 10.4. The zero-order valence-corrected chi connectivity index (χ0v) is 19.3. The average molecular weight is 417 g/mol. The number of anilines is 2. The molecule has 0 spiro atoms. The van der Waals surface area contributed by atoms with Crippen molar-refractivity contribution in [2.75, 3.05) is 24.7 Å². The zero-order chi connectivity index (χ0) is 20.4. The van der Waals surface area contributed by atoms with Crippen LogP contribution in [0.1, 0.15) is 6.42 Å². The second kappa shape index (κ2) is 7.81. The van der Waals surface area contributed by atoms with E-state index in [0.717, 1.165) is 6.42 Å². The van der Waals surface area contributed by atoms with Gasteiger partial charge < -0.3 is 25.4 Å². The van der Waals surface area contributed by atoms with Crippen molar-refractivity contribution in [3.8, 4) is 11.5 Å². The first kappa shape index (κ1) is 20.8. The summed E-state index contributed by atoms with van der Waals surface area (Å²) >= 11 is 0. The number of nitrogen functional groups attached to an aromatic ring is 2. The zero-order valence-electron chi connectivity index (χ0n) is 17.3. The van der Waals surface area contributed by atoms with Gasteiger partial charge in [0.25, 0.3) is 0 Å². The Morgan fingerprint density at radius 1 is 0.857 bits per heavy atom. The van der Waals surface area contributed by atoms with Gasteiger partial charge in [0, 0.05) is 0 Å². The summed E-state index contributed by atoms with van der Waals surface area (Å²) in [5.41, 5.74) is 12.9. The van der Waals surface area contributed by atoms with Crippen LogP contribution in [0.2, 0.25) is 32.2 Å². The Balaban J connectivity index is 1.81. The molecule has 0 radical (unpaired) electrons. The van der Waals surface area contributed by atoms with E-state index in [1.54, 1.807) is 0 Å². The number of benzene rings is 2. The molecule has 0 amide bonds. The molecular weight excluding hydrogens is 384 g/mol. The van der Waals surface area contributed by atoms with Gasteiger partial charge >= 0.3 is 0 Å². The van der Waals surface area contributed by atoms with Crippen LogP contribution in [0.3, 0.4) is 0 Å². The van der Waals surface area contributed by atoms with Gasteiger partial charge in [0.1, 0.15) is 30.3 Å². The third-order valence-electron chi connectivity index (χ3n) is 6.13. The lowest BCUT2D eigenvalue weighted by molar-refractivity contribution is -0.0290. The summed E-state index contributed by atoms with van der Waals surface area (Å²) in [6.45, 7) is 10.4. The Bertz CT molecular complexity index is 777. The van der Waals surface area contributed by atoms with Crippen molar-refractivity contribution in [2.45, 2.75) is 44.3 Å². The van der Waals surface area contributed by atoms with Crippen molar-refractivity contribution in [3.63, 3.8) is 0 Å². The second-order valence-corrected chi connectivity index (χ2v) is 24.0. The Hall–Kier alpha value is -1.97. The van der Waals surface area contributed by atoms with Gasteiger partial charge in [-0.1, -0.05) is 43.4 Å². The number of hydrogen-bond acceptors (Lipinski definition) is 5. The van der Waals surface area contributed by atoms with Crippen molar-refractivity contribution in [2.24, 2.45) is 0 Å². The van der Waals surface area contributed by atoms with Crippen LogP contribution in [0.25, 0.3) is 0 Å². The summed E-state index contributed by atoms with van der Waals surface area (Å²) < 4.78 is 19.1. The topological polar surface area (TPSA) is 79.7 Å². The van der Waals surface area contributed by atoms with E-state index in [1.807, 2.05) is 48.5 Å². The maximum Gasteiger partial charge on any atom is 0.175 e. The highest BCUT2D eigenvalue weighted by Gasteiger charge is 2.54. The molecule has 0 bridgehead atoms. The quantitative estimate of drug-likeness (QED) is 0.537. The van der Waals surface area contributed by atoms with E-state index in [4.69, 9.17) is 25.4 Å². The minimum Gasteiger partial charge on any atom is -0.488 e. The average Bonchev–Trinajstić information content (AvgIpc) is 2.64. The Morgan fingerprint density at radius 2 is 1.32 bits per heavy atom. The first-order valence-electron chi connectivity index (χ1n) is 9.79. The Kier molecular flexibility index (Phi) is 5.79. The van der Waals surface area contributed by atoms with E-state index in [-0.39, 0.29) is 0 Å². The minimum absolute atomic E-state index is 0.412. The van der Waals surface area contributed by atoms with Crippen molar-refractivity contribution in [1.29, 1.82) is 0 Å². The van der Waals surface area contributed by atoms with E-state index >= 15 is 0 Å². The number of ether oxygens (including phenoxy) is 2. The summed E-state index contributed by atoms with van der Waals surface area (Å²) in [6, 6.07) is 16.3. The van der Waals surface area contributed by atoms with Gasteiger partial charge in [-0.05, 0) is 43.8 Å². The van der Waals surface area contributed by atoms with Crippen LogP contribution < -0.4 is 20.9 Å². The fourth-order valence-electron chi connectivity index (χ4n) is 3.46. The van der Waals surface area contributed by atoms with Crippen LogP contribution in [0.4, 0.5) is 11.4 Å². The summed E-state index contributed by atoms with van der Waals surface area (Å²) in [4.78, 5) is 0. The highest BCUT2D eigenvalue weighted by atomic mass is 29.3. The molecule has 7 heteroatoms. The van der Waals surface area contributed by atoms with Crippen molar-refractivity contribution in [1.82, 2.24) is 0 Å². The van der Waals surface area contributed by atoms with Crippen LogP contribution in [0.15, 0.2) is 48.5 Å². The predicted molar refractivity (Wildman–Crippen MR) is 121 cm³/mol.